The van der Waals surface area contributed by atoms with Gasteiger partial charge >= 0.3 is 0 Å². The molecule has 2 aromatic rings. The molecule has 0 aliphatic carbocycles. The second-order valence-electron chi connectivity index (χ2n) is 8.48. The Balaban J connectivity index is 1.77. The van der Waals surface area contributed by atoms with Crippen LogP contribution in [0.5, 0.6) is 0 Å². The van der Waals surface area contributed by atoms with E-state index in [1.807, 2.05) is 31.2 Å². The van der Waals surface area contributed by atoms with Gasteiger partial charge in [0.2, 0.25) is 0 Å². The normalized spacial score (nSPS) is 16.8. The number of aliphatic hydroxyl groups excluding tert-OH is 2. The van der Waals surface area contributed by atoms with Crippen LogP contribution in [0.3, 0.4) is 0 Å². The van der Waals surface area contributed by atoms with Crippen molar-refractivity contribution in [3.05, 3.63) is 63.9 Å². The fourth-order valence-electron chi connectivity index (χ4n) is 3.73. The van der Waals surface area contributed by atoms with Crippen molar-refractivity contribution in [3.63, 3.8) is 0 Å². The lowest BCUT2D eigenvalue weighted by atomic mass is 10.1. The molecule has 0 radical (unpaired) electrons. The third kappa shape index (κ3) is 6.93. The molecule has 35 heavy (non-hydrogen) atoms. The average Bonchev–Trinajstić information content (AvgIpc) is 3.34. The summed E-state index contributed by atoms with van der Waals surface area (Å²) in [6.45, 7) is 9.68. The fourth-order valence-corrected chi connectivity index (χ4v) is 3.73. The van der Waals surface area contributed by atoms with Gasteiger partial charge in [0.05, 0.1) is 12.7 Å². The number of carbonyl (C=O) groups is 1. The standard InChI is InChI=1S/C27H32N4O4/c1-4-23(31-11-9-30(3)10-12-31)14-20-5-6-21(13-19(20)2)26-8-7-25(35-26)15-22(16-28)27(34)29-17-24(33)18-32/h4-8,13-15,24,32-33H,2,9-12,17-18H2,1,3H3,(H,29,34)/b20-14-,22-15+,23-4+. The van der Waals surface area contributed by atoms with Crippen molar-refractivity contribution in [1.29, 1.82) is 5.26 Å². The van der Waals surface area contributed by atoms with Crippen molar-refractivity contribution < 1.29 is 19.4 Å². The van der Waals surface area contributed by atoms with E-state index in [0.29, 0.717) is 11.5 Å². The number of benzene rings is 1. The van der Waals surface area contributed by atoms with Crippen LogP contribution in [0.2, 0.25) is 0 Å². The summed E-state index contributed by atoms with van der Waals surface area (Å²) in [6.07, 6.45) is 4.53. The number of likely N-dealkylation sites (N-methyl/N-ethyl adjacent to an activating group) is 1. The first-order valence-electron chi connectivity index (χ1n) is 11.5. The second-order valence-corrected chi connectivity index (χ2v) is 8.48. The average molecular weight is 477 g/mol. The largest absolute Gasteiger partial charge is 0.457 e. The van der Waals surface area contributed by atoms with Gasteiger partial charge in [0.1, 0.15) is 23.2 Å². The predicted molar refractivity (Wildman–Crippen MR) is 136 cm³/mol. The molecule has 1 atom stereocenters. The lowest BCUT2D eigenvalue weighted by Crippen LogP contribution is -2.43. The van der Waals surface area contributed by atoms with Gasteiger partial charge in [-0.25, -0.2) is 0 Å². The van der Waals surface area contributed by atoms with Gasteiger partial charge in [0, 0.05) is 50.1 Å². The van der Waals surface area contributed by atoms with E-state index >= 15 is 0 Å². The van der Waals surface area contributed by atoms with E-state index in [-0.39, 0.29) is 12.1 Å². The maximum absolute atomic E-state index is 12.1. The van der Waals surface area contributed by atoms with Gasteiger partial charge < -0.3 is 29.7 Å². The molecule has 1 aromatic heterocycles. The van der Waals surface area contributed by atoms with E-state index < -0.39 is 18.6 Å². The van der Waals surface area contributed by atoms with Crippen LogP contribution in [0.1, 0.15) is 12.7 Å². The molecule has 1 aromatic carbocycles. The topological polar surface area (TPSA) is 113 Å². The monoisotopic (exact) mass is 476 g/mol. The van der Waals surface area contributed by atoms with E-state index in [0.717, 1.165) is 42.2 Å². The lowest BCUT2D eigenvalue weighted by molar-refractivity contribution is -0.117. The molecule has 0 spiro atoms. The Kier molecular flexibility index (Phi) is 9.04. The minimum absolute atomic E-state index is 0.156. The Morgan fingerprint density at radius 3 is 2.66 bits per heavy atom. The van der Waals surface area contributed by atoms with Crippen molar-refractivity contribution >= 4 is 24.6 Å². The minimum atomic E-state index is -1.09. The summed E-state index contributed by atoms with van der Waals surface area (Å²) in [4.78, 5) is 16.8. The lowest BCUT2D eigenvalue weighted by Gasteiger charge is -2.34. The zero-order chi connectivity index (χ0) is 25.4. The van der Waals surface area contributed by atoms with Crippen molar-refractivity contribution in [1.82, 2.24) is 15.1 Å². The Morgan fingerprint density at radius 2 is 2.03 bits per heavy atom. The molecule has 1 saturated heterocycles. The van der Waals surface area contributed by atoms with E-state index in [2.05, 4.69) is 40.9 Å². The second kappa shape index (κ2) is 12.2. The number of nitrogens with one attached hydrogen (secondary N) is 1. The van der Waals surface area contributed by atoms with Gasteiger partial charge in [-0.05, 0) is 48.7 Å². The predicted octanol–water partition coefficient (Wildman–Crippen LogP) is 0.665. The van der Waals surface area contributed by atoms with Gasteiger partial charge in [0.15, 0.2) is 0 Å². The summed E-state index contributed by atoms with van der Waals surface area (Å²) in [5, 5.41) is 31.8. The number of rotatable bonds is 8. The van der Waals surface area contributed by atoms with Crippen LogP contribution in [0, 0.1) is 11.3 Å². The summed E-state index contributed by atoms with van der Waals surface area (Å²) in [5.74, 6) is 0.284. The SMILES string of the molecule is C=c1cc(-c2ccc(/C=C(\C#N)C(=O)NCC(O)CO)o2)cc/c1=C/C(=C\C)N1CCN(C)CC1. The Morgan fingerprint density at radius 1 is 1.29 bits per heavy atom. The molecule has 1 unspecified atom stereocenters. The molecule has 184 valence electrons. The van der Waals surface area contributed by atoms with E-state index in [9.17, 15) is 15.2 Å². The maximum atomic E-state index is 12.1. The number of carbonyl (C=O) groups excluding carboxylic acids is 1. The van der Waals surface area contributed by atoms with Gasteiger partial charge in [-0.2, -0.15) is 5.26 Å². The van der Waals surface area contributed by atoms with Crippen molar-refractivity contribution in [2.24, 2.45) is 0 Å². The number of nitriles is 1. The number of nitrogens with zero attached hydrogens (tertiary/aromatic N) is 3. The Labute approximate surface area is 205 Å². The molecule has 3 rings (SSSR count). The smallest absolute Gasteiger partial charge is 0.262 e. The number of hydrogen-bond donors (Lipinski definition) is 3. The summed E-state index contributed by atoms with van der Waals surface area (Å²) in [6, 6.07) is 11.2. The van der Waals surface area contributed by atoms with E-state index in [1.54, 1.807) is 12.1 Å². The van der Waals surface area contributed by atoms with Crippen LogP contribution in [0.4, 0.5) is 0 Å². The van der Waals surface area contributed by atoms with E-state index in [4.69, 9.17) is 9.52 Å². The van der Waals surface area contributed by atoms with E-state index in [1.165, 1.54) is 11.8 Å². The third-order valence-electron chi connectivity index (χ3n) is 5.88. The molecule has 8 heteroatoms. The number of hydrogen-bond acceptors (Lipinski definition) is 7. The summed E-state index contributed by atoms with van der Waals surface area (Å²) in [5.41, 5.74) is 1.85. The Bertz CT molecular complexity index is 1250. The Hall–Kier alpha value is -3.64. The number of furan rings is 1. The number of amides is 1. The first kappa shape index (κ1) is 26.0. The molecule has 0 saturated carbocycles. The first-order chi connectivity index (χ1) is 16.8. The van der Waals surface area contributed by atoms with Crippen LogP contribution in [-0.2, 0) is 4.79 Å². The van der Waals surface area contributed by atoms with Gasteiger partial charge in [-0.15, -0.1) is 0 Å². The first-order valence-corrected chi connectivity index (χ1v) is 11.5. The van der Waals surface area contributed by atoms with Gasteiger partial charge in [0.25, 0.3) is 5.91 Å². The molecule has 2 heterocycles. The molecule has 0 bridgehead atoms. The fraction of sp³-hybridized carbons (Fsp3) is 0.333. The van der Waals surface area contributed by atoms with Crippen LogP contribution in [-0.4, -0.2) is 78.4 Å². The van der Waals surface area contributed by atoms with Crippen molar-refractivity contribution in [2.45, 2.75) is 13.0 Å². The zero-order valence-corrected chi connectivity index (χ0v) is 20.2. The van der Waals surface area contributed by atoms with Crippen LogP contribution in [0.25, 0.3) is 30.1 Å². The minimum Gasteiger partial charge on any atom is -0.457 e. The summed E-state index contributed by atoms with van der Waals surface area (Å²) in [7, 11) is 2.14. The highest BCUT2D eigenvalue weighted by atomic mass is 16.3. The van der Waals surface area contributed by atoms with Crippen molar-refractivity contribution in [3.8, 4) is 17.4 Å². The van der Waals surface area contributed by atoms with Crippen LogP contribution >= 0.6 is 0 Å². The highest BCUT2D eigenvalue weighted by Gasteiger charge is 2.15. The molecule has 1 fully saturated rings. The van der Waals surface area contributed by atoms with Gasteiger partial charge in [-0.1, -0.05) is 24.8 Å². The summed E-state index contributed by atoms with van der Waals surface area (Å²) < 4.78 is 5.84. The number of piperazine rings is 1. The molecular weight excluding hydrogens is 444 g/mol. The molecule has 1 aliphatic heterocycles. The molecule has 3 N–H and O–H groups in total. The molecule has 1 aliphatic rings. The number of aliphatic hydroxyl groups is 2. The highest BCUT2D eigenvalue weighted by molar-refractivity contribution is 6.01. The zero-order valence-electron chi connectivity index (χ0n) is 20.2. The highest BCUT2D eigenvalue weighted by Crippen LogP contribution is 2.22. The maximum Gasteiger partial charge on any atom is 0.262 e. The van der Waals surface area contributed by atoms with Gasteiger partial charge in [-0.3, -0.25) is 4.79 Å². The molecular formula is C27H32N4O4. The third-order valence-corrected chi connectivity index (χ3v) is 5.88. The molecule has 8 nitrogen and oxygen atoms in total. The summed E-state index contributed by atoms with van der Waals surface area (Å²) >= 11 is 0. The van der Waals surface area contributed by atoms with Crippen LogP contribution < -0.4 is 15.8 Å². The quantitative estimate of drug-likeness (QED) is 0.379. The van der Waals surface area contributed by atoms with Crippen LogP contribution in [0.15, 0.2) is 52.1 Å². The molecule has 1 amide bonds. The van der Waals surface area contributed by atoms with Crippen molar-refractivity contribution in [2.75, 3.05) is 46.4 Å². The number of allylic oxidation sites excluding steroid dienone is 2.